The number of carboxylic acids is 4. The maximum Gasteiger partial charge on any atom is 0.369 e. The molecule has 0 aromatic heterocycles. The van der Waals surface area contributed by atoms with Crippen molar-refractivity contribution in [2.45, 2.75) is 185 Å². The maximum atomic E-state index is 14.7. The van der Waals surface area contributed by atoms with E-state index in [1.807, 2.05) is 0 Å². The summed E-state index contributed by atoms with van der Waals surface area (Å²) in [5.41, 5.74) is -3.22. The van der Waals surface area contributed by atoms with Crippen molar-refractivity contribution >= 4 is 29.8 Å². The first-order valence-electron chi connectivity index (χ1n) is 23.9. The number of rotatable bonds is 11. The van der Waals surface area contributed by atoms with Gasteiger partial charge in [0.2, 0.25) is 12.6 Å². The summed E-state index contributed by atoms with van der Waals surface area (Å²) >= 11 is 0. The van der Waals surface area contributed by atoms with Gasteiger partial charge in [0.1, 0.15) is 49.3 Å². The van der Waals surface area contributed by atoms with Crippen LogP contribution in [-0.4, -0.2) is 174 Å². The van der Waals surface area contributed by atoms with Gasteiger partial charge in [-0.05, 0) is 111 Å². The Morgan fingerprint density at radius 2 is 1.42 bits per heavy atom. The second-order valence-electron chi connectivity index (χ2n) is 22.6. The topological polar surface area (TPSA) is 352 Å². The Bertz CT molecular complexity index is 2100. The lowest BCUT2D eigenvalue weighted by Gasteiger charge is -2.71. The Morgan fingerprint density at radius 1 is 0.739 bits per heavy atom. The van der Waals surface area contributed by atoms with Crippen LogP contribution in [0.5, 0.6) is 0 Å². The van der Waals surface area contributed by atoms with E-state index >= 15 is 0 Å². The fourth-order valence-corrected chi connectivity index (χ4v) is 14.8. The van der Waals surface area contributed by atoms with Gasteiger partial charge in [-0.3, -0.25) is 9.59 Å². The number of aliphatic hydroxyl groups is 6. The lowest BCUT2D eigenvalue weighted by Crippen LogP contribution is -2.72. The van der Waals surface area contributed by atoms with E-state index in [9.17, 15) is 69.9 Å². The third-order valence-corrected chi connectivity index (χ3v) is 19.0. The number of carboxylic acid groups (broad SMARTS) is 4. The molecule has 0 amide bonds. The van der Waals surface area contributed by atoms with E-state index in [0.717, 1.165) is 12.0 Å². The van der Waals surface area contributed by atoms with Gasteiger partial charge >= 0.3 is 35.6 Å². The molecule has 0 aromatic carbocycles. The number of fused-ring (bicyclic) bond motifs is 8. The van der Waals surface area contributed by atoms with E-state index in [-0.39, 0.29) is 41.9 Å². The molecule has 5 aliphatic carbocycles. The number of hydrogen-bond acceptors (Lipinski definition) is 18. The molecule has 22 heteroatoms. The summed E-state index contributed by atoms with van der Waals surface area (Å²) in [6, 6.07) is 0. The molecule has 3 heterocycles. The van der Waals surface area contributed by atoms with E-state index in [2.05, 4.69) is 40.7 Å². The Kier molecular flexibility index (Phi) is 13.3. The highest BCUT2D eigenvalue weighted by atomic mass is 16.8. The Labute approximate surface area is 397 Å². The summed E-state index contributed by atoms with van der Waals surface area (Å²) < 4.78 is 39.7. The van der Waals surface area contributed by atoms with E-state index in [1.54, 1.807) is 6.92 Å². The molecule has 0 radical (unpaired) electrons. The van der Waals surface area contributed by atoms with E-state index in [0.29, 0.717) is 38.5 Å². The van der Waals surface area contributed by atoms with Crippen LogP contribution in [0.4, 0.5) is 0 Å². The van der Waals surface area contributed by atoms with Crippen LogP contribution in [0.2, 0.25) is 0 Å². The zero-order valence-electron chi connectivity index (χ0n) is 39.6. The molecule has 0 aromatic rings. The van der Waals surface area contributed by atoms with Crippen LogP contribution in [-0.2, 0) is 57.1 Å². The normalized spacial score (nSPS) is 50.1. The minimum absolute atomic E-state index is 0.000981. The van der Waals surface area contributed by atoms with Crippen LogP contribution in [0.15, 0.2) is 11.6 Å². The Morgan fingerprint density at radius 3 is 2.04 bits per heavy atom. The molecule has 8 rings (SSSR count). The first-order valence-corrected chi connectivity index (χ1v) is 23.9. The summed E-state index contributed by atoms with van der Waals surface area (Å²) in [6.45, 7) is 10.7. The van der Waals surface area contributed by atoms with Crippen LogP contribution in [0.1, 0.15) is 106 Å². The summed E-state index contributed by atoms with van der Waals surface area (Å²) in [4.78, 5) is 63.6. The van der Waals surface area contributed by atoms with Crippen LogP contribution >= 0.6 is 0 Å². The van der Waals surface area contributed by atoms with Gasteiger partial charge in [0, 0.05) is 0 Å². The van der Waals surface area contributed by atoms with Crippen LogP contribution in [0.25, 0.3) is 0 Å². The summed E-state index contributed by atoms with van der Waals surface area (Å²) in [7, 11) is 0. The standard InChI is InChI=1S/C47H68O22/c1-41(2)23-9-12-45(6)24(43(23,4)11-10-25(41)65-36-30(54)31-32(33(66-36)34(55)56)69-47(62,38(59)60)40(67-31)63-19-26(49)50)8-7-20-21-17-42(3,37(57)58)13-15-46(21,16-14-44(20,45)5)39(61)68-35-29(53)28(52)27(51)22(18-48)64-35/h7,21-25,27-33,35-36,40,48,51-54,62H,8-19H2,1-6H3,(H,49,50)(H,55,56)(H,57,58)(H,59,60)/t21-,22+,23?,24+,25-,27+,28-,29+,30+,31+,32-,33-,35-,36+,40-,42+,43-,44+,45+,46-,47-/m0/s1. The molecule has 8 aliphatic rings. The number of aliphatic carboxylic acids is 4. The van der Waals surface area contributed by atoms with Crippen molar-refractivity contribution < 1.29 is 108 Å². The van der Waals surface area contributed by atoms with Gasteiger partial charge < -0.3 is 84.2 Å². The third-order valence-electron chi connectivity index (χ3n) is 19.0. The third kappa shape index (κ3) is 7.85. The van der Waals surface area contributed by atoms with E-state index in [4.69, 9.17) is 38.3 Å². The number of aliphatic hydroxyl groups excluding tert-OH is 5. The molecule has 22 nitrogen and oxygen atoms in total. The van der Waals surface area contributed by atoms with E-state index < -0.39 is 150 Å². The number of carbonyl (C=O) groups excluding carboxylic acids is 1. The molecule has 4 saturated carbocycles. The summed E-state index contributed by atoms with van der Waals surface area (Å²) in [6.07, 6.45) is -13.5. The molecular weight excluding hydrogens is 916 g/mol. The van der Waals surface area contributed by atoms with Gasteiger partial charge in [0.15, 0.2) is 12.4 Å². The predicted octanol–water partition coefficient (Wildman–Crippen LogP) is 0.736. The van der Waals surface area contributed by atoms with Crippen molar-refractivity contribution in [2.75, 3.05) is 13.2 Å². The number of esters is 1. The highest BCUT2D eigenvalue weighted by molar-refractivity contribution is 5.81. The Balaban J connectivity index is 1.05. The van der Waals surface area contributed by atoms with Gasteiger partial charge in [-0.25, -0.2) is 14.4 Å². The van der Waals surface area contributed by atoms with Crippen LogP contribution in [0, 0.1) is 50.2 Å². The van der Waals surface area contributed by atoms with E-state index in [1.165, 1.54) is 0 Å². The molecule has 0 spiro atoms. The van der Waals surface area contributed by atoms with Crippen molar-refractivity contribution in [1.29, 1.82) is 0 Å². The molecule has 1 unspecified atom stereocenters. The lowest BCUT2D eigenvalue weighted by molar-refractivity contribution is -0.435. The smallest absolute Gasteiger partial charge is 0.369 e. The quantitative estimate of drug-likeness (QED) is 0.0775. The minimum Gasteiger partial charge on any atom is -0.481 e. The number of carbonyl (C=O) groups is 5. The van der Waals surface area contributed by atoms with Crippen molar-refractivity contribution in [2.24, 2.45) is 50.2 Å². The van der Waals surface area contributed by atoms with Crippen LogP contribution < -0.4 is 0 Å². The maximum absolute atomic E-state index is 14.7. The number of ether oxygens (including phenoxy) is 7. The van der Waals surface area contributed by atoms with Gasteiger partial charge in [-0.15, -0.1) is 0 Å². The molecule has 21 atom stereocenters. The number of allylic oxidation sites excluding steroid dienone is 2. The molecule has 3 saturated heterocycles. The fraction of sp³-hybridized carbons (Fsp3) is 0.851. The highest BCUT2D eigenvalue weighted by Gasteiger charge is 2.71. The van der Waals surface area contributed by atoms with Crippen molar-refractivity contribution in [3.05, 3.63) is 11.6 Å². The largest absolute Gasteiger partial charge is 0.481 e. The van der Waals surface area contributed by atoms with Crippen molar-refractivity contribution in [1.82, 2.24) is 0 Å². The number of hydrogen-bond donors (Lipinski definition) is 10. The van der Waals surface area contributed by atoms with Crippen molar-refractivity contribution in [3.63, 3.8) is 0 Å². The molecular formula is C47H68O22. The SMILES string of the molecule is CC1(C)C2CC[C@]3(C)[C@H](CC=C4[C@@H]5C[C@](C)(C(=O)O)CC[C@]5(C(=O)O[C@@H]5O[C@H](CO)[C@@H](O)[C@H](O)[C@H]5O)CC[C@]43C)[C@@]2(C)CC[C@@H]1O[C@@H]1O[C@H](C(=O)O)[C@H]2O[C@@](O)(C(=O)O)[C@@H](OCC(=O)O)O[C@@H]2[C@H]1O. The fourth-order valence-electron chi connectivity index (χ4n) is 14.8. The summed E-state index contributed by atoms with van der Waals surface area (Å²) in [5.74, 6) is -10.8. The summed E-state index contributed by atoms with van der Waals surface area (Å²) in [5, 5.41) is 104. The molecule has 388 valence electrons. The minimum atomic E-state index is -3.36. The van der Waals surface area contributed by atoms with Gasteiger partial charge in [-0.1, -0.05) is 46.3 Å². The zero-order valence-corrected chi connectivity index (χ0v) is 39.6. The molecule has 7 fully saturated rings. The second-order valence-corrected chi connectivity index (χ2v) is 22.6. The van der Waals surface area contributed by atoms with Crippen LogP contribution in [0.3, 0.4) is 0 Å². The molecule has 69 heavy (non-hydrogen) atoms. The predicted molar refractivity (Wildman–Crippen MR) is 228 cm³/mol. The zero-order chi connectivity index (χ0) is 50.8. The average Bonchev–Trinajstić information content (AvgIpc) is 3.27. The first-order chi connectivity index (χ1) is 32.1. The van der Waals surface area contributed by atoms with Gasteiger partial charge in [-0.2, -0.15) is 0 Å². The molecule has 0 bridgehead atoms. The highest BCUT2D eigenvalue weighted by Crippen LogP contribution is 2.76. The molecule has 10 N–H and O–H groups in total. The average molecular weight is 985 g/mol. The molecule has 3 aliphatic heterocycles. The lowest BCUT2D eigenvalue weighted by atomic mass is 9.33. The van der Waals surface area contributed by atoms with Gasteiger partial charge in [0.05, 0.1) is 23.5 Å². The van der Waals surface area contributed by atoms with Crippen molar-refractivity contribution in [3.8, 4) is 0 Å². The monoisotopic (exact) mass is 984 g/mol. The Hall–Kier alpha value is -3.39. The first kappa shape index (κ1) is 51.9. The van der Waals surface area contributed by atoms with Gasteiger partial charge in [0.25, 0.3) is 0 Å². The second kappa shape index (κ2) is 17.7.